The van der Waals surface area contributed by atoms with Gasteiger partial charge in [0.2, 0.25) is 0 Å². The van der Waals surface area contributed by atoms with Gasteiger partial charge in [-0.1, -0.05) is 18.2 Å². The number of rotatable bonds is 2. The second kappa shape index (κ2) is 4.25. The molecule has 18 heavy (non-hydrogen) atoms. The van der Waals surface area contributed by atoms with E-state index in [4.69, 9.17) is 5.73 Å². The highest BCUT2D eigenvalue weighted by atomic mass is 16.1. The van der Waals surface area contributed by atoms with Gasteiger partial charge in [-0.25, -0.2) is 0 Å². The van der Waals surface area contributed by atoms with Gasteiger partial charge in [-0.2, -0.15) is 0 Å². The number of nitrogens with two attached hydrogens (primary N) is 1. The first-order chi connectivity index (χ1) is 8.29. The van der Waals surface area contributed by atoms with E-state index in [-0.39, 0.29) is 5.56 Å². The Morgan fingerprint density at radius 2 is 1.89 bits per heavy atom. The molecule has 0 saturated heterocycles. The molecular weight excluding hydrogens is 224 g/mol. The molecule has 0 radical (unpaired) electrons. The van der Waals surface area contributed by atoms with E-state index in [9.17, 15) is 4.79 Å². The summed E-state index contributed by atoms with van der Waals surface area (Å²) in [7, 11) is 0. The molecule has 1 heterocycles. The quantitative estimate of drug-likeness (QED) is 0.881. The maximum atomic E-state index is 12.2. The molecule has 0 spiro atoms. The molecule has 2 N–H and O–H groups in total. The normalized spacial score (nSPS) is 12.1. The second-order valence-corrected chi connectivity index (χ2v) is 5.71. The molecule has 0 saturated carbocycles. The highest BCUT2D eigenvalue weighted by molar-refractivity contribution is 5.85. The Balaban J connectivity index is 2.84. The fourth-order valence-corrected chi connectivity index (χ4v) is 2.35. The molecule has 0 atom stereocenters. The van der Waals surface area contributed by atoms with E-state index in [0.717, 1.165) is 22.0 Å². The SMILES string of the molecule is Cc1cc(=O)n(CC(C)(C)N)c2c(C)cccc12. The summed E-state index contributed by atoms with van der Waals surface area (Å²) >= 11 is 0. The highest BCUT2D eigenvalue weighted by Crippen LogP contribution is 2.20. The van der Waals surface area contributed by atoms with Crippen LogP contribution in [0.3, 0.4) is 0 Å². The summed E-state index contributed by atoms with van der Waals surface area (Å²) in [6.45, 7) is 8.39. The Labute approximate surface area is 107 Å². The van der Waals surface area contributed by atoms with Gasteiger partial charge in [-0.05, 0) is 38.8 Å². The molecule has 0 unspecified atom stereocenters. The molecule has 0 amide bonds. The van der Waals surface area contributed by atoms with Crippen LogP contribution < -0.4 is 11.3 Å². The minimum atomic E-state index is -0.408. The van der Waals surface area contributed by atoms with Crippen LogP contribution in [0.1, 0.15) is 25.0 Å². The molecule has 0 aliphatic heterocycles. The van der Waals surface area contributed by atoms with Gasteiger partial charge in [0.15, 0.2) is 0 Å². The van der Waals surface area contributed by atoms with E-state index < -0.39 is 5.54 Å². The van der Waals surface area contributed by atoms with Crippen LogP contribution >= 0.6 is 0 Å². The Bertz CT molecular complexity index is 648. The van der Waals surface area contributed by atoms with Gasteiger partial charge >= 0.3 is 0 Å². The van der Waals surface area contributed by atoms with Crippen molar-refractivity contribution in [2.24, 2.45) is 5.73 Å². The zero-order valence-corrected chi connectivity index (χ0v) is 11.4. The first kappa shape index (κ1) is 12.8. The Hall–Kier alpha value is -1.61. The minimum absolute atomic E-state index is 0.0211. The van der Waals surface area contributed by atoms with Crippen molar-refractivity contribution in [1.29, 1.82) is 0 Å². The molecule has 0 aliphatic carbocycles. The number of fused-ring (bicyclic) bond motifs is 1. The highest BCUT2D eigenvalue weighted by Gasteiger charge is 2.16. The number of pyridine rings is 1. The van der Waals surface area contributed by atoms with Gasteiger partial charge in [-0.3, -0.25) is 4.79 Å². The first-order valence-corrected chi connectivity index (χ1v) is 6.18. The summed E-state index contributed by atoms with van der Waals surface area (Å²) in [6.07, 6.45) is 0. The topological polar surface area (TPSA) is 48.0 Å². The summed E-state index contributed by atoms with van der Waals surface area (Å²) in [5.74, 6) is 0. The lowest BCUT2D eigenvalue weighted by atomic mass is 10.0. The van der Waals surface area contributed by atoms with E-state index in [2.05, 4.69) is 6.07 Å². The average molecular weight is 244 g/mol. The number of aromatic nitrogens is 1. The van der Waals surface area contributed by atoms with Crippen molar-refractivity contribution in [3.8, 4) is 0 Å². The zero-order valence-electron chi connectivity index (χ0n) is 11.4. The Morgan fingerprint density at radius 1 is 1.22 bits per heavy atom. The van der Waals surface area contributed by atoms with Gasteiger partial charge < -0.3 is 10.3 Å². The van der Waals surface area contributed by atoms with Crippen LogP contribution in [-0.2, 0) is 6.54 Å². The molecule has 2 rings (SSSR count). The van der Waals surface area contributed by atoms with Crippen molar-refractivity contribution in [1.82, 2.24) is 4.57 Å². The third-order valence-corrected chi connectivity index (χ3v) is 3.10. The molecular formula is C15H20N2O. The summed E-state index contributed by atoms with van der Waals surface area (Å²) in [4.78, 5) is 12.2. The lowest BCUT2D eigenvalue weighted by molar-refractivity contribution is 0.434. The average Bonchev–Trinajstić information content (AvgIpc) is 2.23. The number of hydrogen-bond donors (Lipinski definition) is 1. The van der Waals surface area contributed by atoms with E-state index in [0.29, 0.717) is 6.54 Å². The summed E-state index contributed by atoms with van der Waals surface area (Å²) < 4.78 is 1.79. The zero-order chi connectivity index (χ0) is 13.5. The molecule has 0 bridgehead atoms. The number of nitrogens with zero attached hydrogens (tertiary/aromatic N) is 1. The standard InChI is InChI=1S/C15H20N2O/c1-10-6-5-7-12-11(2)8-13(18)17(14(10)12)9-15(3,4)16/h5-8H,9,16H2,1-4H3. The molecule has 3 heteroatoms. The molecule has 96 valence electrons. The third-order valence-electron chi connectivity index (χ3n) is 3.10. The fraction of sp³-hybridized carbons (Fsp3) is 0.400. The maximum Gasteiger partial charge on any atom is 0.251 e. The van der Waals surface area contributed by atoms with E-state index in [1.807, 2.05) is 39.8 Å². The number of hydrogen-bond acceptors (Lipinski definition) is 2. The predicted molar refractivity (Wildman–Crippen MR) is 75.9 cm³/mol. The van der Waals surface area contributed by atoms with Gasteiger partial charge in [0.1, 0.15) is 0 Å². The molecule has 1 aromatic heterocycles. The van der Waals surface area contributed by atoms with Crippen molar-refractivity contribution < 1.29 is 0 Å². The Morgan fingerprint density at radius 3 is 2.50 bits per heavy atom. The van der Waals surface area contributed by atoms with E-state index >= 15 is 0 Å². The third kappa shape index (κ3) is 2.31. The number of aryl methyl sites for hydroxylation is 2. The van der Waals surface area contributed by atoms with Crippen LogP contribution in [0.2, 0.25) is 0 Å². The first-order valence-electron chi connectivity index (χ1n) is 6.18. The van der Waals surface area contributed by atoms with Crippen molar-refractivity contribution in [2.45, 2.75) is 39.8 Å². The maximum absolute atomic E-state index is 12.2. The van der Waals surface area contributed by atoms with Crippen LogP contribution in [0.15, 0.2) is 29.1 Å². The van der Waals surface area contributed by atoms with Crippen LogP contribution in [0.5, 0.6) is 0 Å². The van der Waals surface area contributed by atoms with Crippen LogP contribution in [-0.4, -0.2) is 10.1 Å². The van der Waals surface area contributed by atoms with Crippen LogP contribution in [0.4, 0.5) is 0 Å². The van der Waals surface area contributed by atoms with Crippen molar-refractivity contribution in [3.05, 3.63) is 45.7 Å². The summed E-state index contributed by atoms with van der Waals surface area (Å²) in [5.41, 5.74) is 8.80. The molecule has 0 aliphatic rings. The van der Waals surface area contributed by atoms with E-state index in [1.165, 1.54) is 0 Å². The summed E-state index contributed by atoms with van der Waals surface area (Å²) in [5, 5.41) is 1.12. The fourth-order valence-electron chi connectivity index (χ4n) is 2.35. The van der Waals surface area contributed by atoms with Crippen LogP contribution in [0.25, 0.3) is 10.9 Å². The lowest BCUT2D eigenvalue weighted by Gasteiger charge is -2.22. The van der Waals surface area contributed by atoms with Crippen molar-refractivity contribution in [3.63, 3.8) is 0 Å². The summed E-state index contributed by atoms with van der Waals surface area (Å²) in [6, 6.07) is 7.79. The van der Waals surface area contributed by atoms with Gasteiger partial charge in [-0.15, -0.1) is 0 Å². The second-order valence-electron chi connectivity index (χ2n) is 5.71. The number of benzene rings is 1. The molecule has 0 fully saturated rings. The lowest BCUT2D eigenvalue weighted by Crippen LogP contribution is -2.40. The smallest absolute Gasteiger partial charge is 0.251 e. The minimum Gasteiger partial charge on any atom is -0.324 e. The van der Waals surface area contributed by atoms with Crippen molar-refractivity contribution in [2.75, 3.05) is 0 Å². The Kier molecular flexibility index (Phi) is 3.03. The van der Waals surface area contributed by atoms with Crippen LogP contribution in [0, 0.1) is 13.8 Å². The number of para-hydroxylation sites is 1. The molecule has 3 nitrogen and oxygen atoms in total. The van der Waals surface area contributed by atoms with E-state index in [1.54, 1.807) is 10.6 Å². The van der Waals surface area contributed by atoms with Crippen molar-refractivity contribution >= 4 is 10.9 Å². The monoisotopic (exact) mass is 244 g/mol. The molecule has 2 aromatic rings. The van der Waals surface area contributed by atoms with Gasteiger partial charge in [0.25, 0.3) is 5.56 Å². The van der Waals surface area contributed by atoms with Gasteiger partial charge in [0, 0.05) is 23.5 Å². The predicted octanol–water partition coefficient (Wildman–Crippen LogP) is 2.36. The van der Waals surface area contributed by atoms with Gasteiger partial charge in [0.05, 0.1) is 5.52 Å². The largest absolute Gasteiger partial charge is 0.324 e. The molecule has 1 aromatic carbocycles.